The highest BCUT2D eigenvalue weighted by Gasteiger charge is 2.47. The van der Waals surface area contributed by atoms with Crippen molar-refractivity contribution >= 4 is 19.2 Å². The van der Waals surface area contributed by atoms with Crippen molar-refractivity contribution in [1.82, 2.24) is 4.98 Å². The van der Waals surface area contributed by atoms with Crippen molar-refractivity contribution < 1.29 is 19.0 Å². The van der Waals surface area contributed by atoms with Gasteiger partial charge >= 0.3 is 0 Å². The summed E-state index contributed by atoms with van der Waals surface area (Å²) in [5.41, 5.74) is 2.69. The van der Waals surface area contributed by atoms with E-state index in [1.807, 2.05) is 24.4 Å². The first-order chi connectivity index (χ1) is 13.0. The average Bonchev–Trinajstić information content (AvgIpc) is 2.62. The standard InChI is InChI=1S/C22H33NO4Si/c1-14-12-22(25-5,26-6)20(24)19-16-11-15(27-28(7,8)21(2,3)4)9-10-18(16)23-13-17(14)19/h9-11,13-14,20,24H,12H2,1-8H3. The van der Waals surface area contributed by atoms with Crippen LogP contribution >= 0.6 is 0 Å². The molecule has 2 atom stereocenters. The highest BCUT2D eigenvalue weighted by Crippen LogP contribution is 2.48. The number of benzene rings is 1. The summed E-state index contributed by atoms with van der Waals surface area (Å²) in [5.74, 6) is -0.0860. The number of aromatic nitrogens is 1. The Bertz CT molecular complexity index is 871. The third-order valence-corrected chi connectivity index (χ3v) is 11.0. The molecule has 28 heavy (non-hydrogen) atoms. The molecule has 154 valence electrons. The maximum absolute atomic E-state index is 11.2. The van der Waals surface area contributed by atoms with Crippen LogP contribution in [0.15, 0.2) is 24.4 Å². The predicted molar refractivity (Wildman–Crippen MR) is 114 cm³/mol. The molecule has 0 saturated heterocycles. The summed E-state index contributed by atoms with van der Waals surface area (Å²) in [6.07, 6.45) is 1.54. The Hall–Kier alpha value is -1.47. The summed E-state index contributed by atoms with van der Waals surface area (Å²) in [7, 11) is 1.19. The van der Waals surface area contributed by atoms with Crippen LogP contribution in [0.4, 0.5) is 0 Å². The summed E-state index contributed by atoms with van der Waals surface area (Å²) in [4.78, 5) is 4.63. The molecule has 1 heterocycles. The highest BCUT2D eigenvalue weighted by molar-refractivity contribution is 6.74. The van der Waals surface area contributed by atoms with Crippen LogP contribution in [0, 0.1) is 0 Å². The molecule has 1 aromatic carbocycles. The molecule has 1 aliphatic carbocycles. The Balaban J connectivity index is 2.16. The first-order valence-electron chi connectivity index (χ1n) is 9.85. The van der Waals surface area contributed by atoms with E-state index in [2.05, 4.69) is 45.8 Å². The van der Waals surface area contributed by atoms with E-state index >= 15 is 0 Å². The maximum atomic E-state index is 11.2. The highest BCUT2D eigenvalue weighted by atomic mass is 28.4. The van der Waals surface area contributed by atoms with Gasteiger partial charge in [-0.3, -0.25) is 4.98 Å². The lowest BCUT2D eigenvalue weighted by Gasteiger charge is -2.42. The number of aliphatic hydroxyl groups excluding tert-OH is 1. The zero-order chi connectivity index (χ0) is 20.9. The average molecular weight is 404 g/mol. The molecule has 6 heteroatoms. The summed E-state index contributed by atoms with van der Waals surface area (Å²) < 4.78 is 17.8. The molecule has 2 aromatic rings. The number of aliphatic hydroxyl groups is 1. The number of hydrogen-bond donors (Lipinski definition) is 1. The lowest BCUT2D eigenvalue weighted by molar-refractivity contribution is -0.271. The van der Waals surface area contributed by atoms with E-state index in [-0.39, 0.29) is 11.0 Å². The van der Waals surface area contributed by atoms with Crippen LogP contribution in [0.5, 0.6) is 5.75 Å². The fraction of sp³-hybridized carbons (Fsp3) is 0.591. The van der Waals surface area contributed by atoms with E-state index in [0.29, 0.717) is 6.42 Å². The van der Waals surface area contributed by atoms with Crippen molar-refractivity contribution in [3.63, 3.8) is 0 Å². The van der Waals surface area contributed by atoms with E-state index in [9.17, 15) is 5.11 Å². The van der Waals surface area contributed by atoms with E-state index in [1.54, 1.807) is 14.2 Å². The fourth-order valence-electron chi connectivity index (χ4n) is 3.76. The van der Waals surface area contributed by atoms with Gasteiger partial charge in [-0.25, -0.2) is 0 Å². The quantitative estimate of drug-likeness (QED) is 0.565. The second-order valence-corrected chi connectivity index (χ2v) is 14.1. The van der Waals surface area contributed by atoms with Crippen molar-refractivity contribution in [2.45, 2.75) is 70.1 Å². The summed E-state index contributed by atoms with van der Waals surface area (Å²) in [6, 6.07) is 5.95. The lowest BCUT2D eigenvalue weighted by atomic mass is 9.77. The van der Waals surface area contributed by atoms with Crippen LogP contribution in [0.1, 0.15) is 57.3 Å². The van der Waals surface area contributed by atoms with E-state index < -0.39 is 20.2 Å². The number of methoxy groups -OCH3 is 2. The van der Waals surface area contributed by atoms with Crippen molar-refractivity contribution in [2.24, 2.45) is 0 Å². The number of hydrogen-bond acceptors (Lipinski definition) is 5. The molecule has 0 spiro atoms. The molecule has 2 unspecified atom stereocenters. The van der Waals surface area contributed by atoms with Gasteiger partial charge in [0.2, 0.25) is 8.32 Å². The molecule has 0 saturated carbocycles. The zero-order valence-electron chi connectivity index (χ0n) is 18.3. The van der Waals surface area contributed by atoms with Crippen LogP contribution in [-0.4, -0.2) is 38.4 Å². The summed E-state index contributed by atoms with van der Waals surface area (Å²) in [5, 5.41) is 12.2. The van der Waals surface area contributed by atoms with Gasteiger partial charge in [0.25, 0.3) is 0 Å². The third kappa shape index (κ3) is 3.36. The molecule has 1 N–H and O–H groups in total. The third-order valence-electron chi connectivity index (χ3n) is 6.59. The second kappa shape index (κ2) is 7.09. The second-order valence-electron chi connectivity index (χ2n) is 9.40. The topological polar surface area (TPSA) is 60.8 Å². The van der Waals surface area contributed by atoms with Gasteiger partial charge in [0.1, 0.15) is 11.9 Å². The Kier molecular flexibility index (Phi) is 5.38. The Labute approximate surface area is 169 Å². The molecule has 0 amide bonds. The van der Waals surface area contributed by atoms with E-state index in [0.717, 1.165) is 27.8 Å². The number of pyridine rings is 1. The van der Waals surface area contributed by atoms with Crippen LogP contribution in [0.2, 0.25) is 18.1 Å². The van der Waals surface area contributed by atoms with Crippen molar-refractivity contribution in [3.8, 4) is 5.75 Å². The van der Waals surface area contributed by atoms with Crippen LogP contribution in [0.25, 0.3) is 10.9 Å². The van der Waals surface area contributed by atoms with Crippen molar-refractivity contribution in [1.29, 1.82) is 0 Å². The van der Waals surface area contributed by atoms with Gasteiger partial charge in [-0.1, -0.05) is 27.7 Å². The molecule has 1 aromatic heterocycles. The molecule has 0 aliphatic heterocycles. The molecule has 5 nitrogen and oxygen atoms in total. The monoisotopic (exact) mass is 403 g/mol. The molecule has 0 fully saturated rings. The minimum absolute atomic E-state index is 0.103. The van der Waals surface area contributed by atoms with Crippen molar-refractivity contribution in [2.75, 3.05) is 14.2 Å². The number of ether oxygens (including phenoxy) is 2. The Morgan fingerprint density at radius 1 is 1.18 bits per heavy atom. The lowest BCUT2D eigenvalue weighted by Crippen LogP contribution is -2.45. The minimum Gasteiger partial charge on any atom is -0.543 e. The van der Waals surface area contributed by atoms with Gasteiger partial charge in [-0.15, -0.1) is 0 Å². The molecule has 3 rings (SSSR count). The number of rotatable bonds is 4. The van der Waals surface area contributed by atoms with Crippen molar-refractivity contribution in [3.05, 3.63) is 35.5 Å². The van der Waals surface area contributed by atoms with Gasteiger partial charge in [-0.2, -0.15) is 0 Å². The largest absolute Gasteiger partial charge is 0.543 e. The van der Waals surface area contributed by atoms with Gasteiger partial charge in [0.15, 0.2) is 5.79 Å². The first-order valence-corrected chi connectivity index (χ1v) is 12.8. The van der Waals surface area contributed by atoms with Gasteiger partial charge < -0.3 is 19.0 Å². The molecule has 0 bridgehead atoms. The Morgan fingerprint density at radius 2 is 1.82 bits per heavy atom. The Morgan fingerprint density at radius 3 is 2.39 bits per heavy atom. The summed E-state index contributed by atoms with van der Waals surface area (Å²) >= 11 is 0. The predicted octanol–water partition coefficient (Wildman–Crippen LogP) is 5.15. The van der Waals surface area contributed by atoms with E-state index in [1.165, 1.54) is 0 Å². The molecule has 1 aliphatic rings. The van der Waals surface area contributed by atoms with Crippen LogP contribution < -0.4 is 4.43 Å². The molecular formula is C22H33NO4Si. The van der Waals surface area contributed by atoms with Gasteiger partial charge in [-0.05, 0) is 47.8 Å². The molecular weight excluding hydrogens is 370 g/mol. The first kappa shape index (κ1) is 21.2. The fourth-order valence-corrected chi connectivity index (χ4v) is 4.78. The smallest absolute Gasteiger partial charge is 0.250 e. The van der Waals surface area contributed by atoms with Gasteiger partial charge in [0.05, 0.1) is 5.52 Å². The maximum Gasteiger partial charge on any atom is 0.250 e. The summed E-state index contributed by atoms with van der Waals surface area (Å²) in [6.45, 7) is 13.2. The van der Waals surface area contributed by atoms with Gasteiger partial charge in [0, 0.05) is 37.8 Å². The van der Waals surface area contributed by atoms with Crippen LogP contribution in [-0.2, 0) is 9.47 Å². The number of nitrogens with zero attached hydrogens (tertiary/aromatic N) is 1. The van der Waals surface area contributed by atoms with E-state index in [4.69, 9.17) is 13.9 Å². The normalized spacial score (nSPS) is 22.2. The van der Waals surface area contributed by atoms with Crippen LogP contribution in [0.3, 0.4) is 0 Å². The zero-order valence-corrected chi connectivity index (χ0v) is 19.3. The minimum atomic E-state index is -1.97. The number of fused-ring (bicyclic) bond motifs is 3. The molecule has 0 radical (unpaired) electrons. The SMILES string of the molecule is COC1(OC)CC(C)c2cnc3ccc(O[Si](C)(C)C(C)(C)C)cc3c2C1O.